The first kappa shape index (κ1) is 16.0. The number of aromatic nitrogens is 4. The van der Waals surface area contributed by atoms with Crippen LogP contribution in [0.1, 0.15) is 11.8 Å². The van der Waals surface area contributed by atoms with Gasteiger partial charge in [0.15, 0.2) is 11.5 Å². The van der Waals surface area contributed by atoms with Crippen LogP contribution in [0.4, 0.5) is 0 Å². The second kappa shape index (κ2) is 6.51. The van der Waals surface area contributed by atoms with Gasteiger partial charge in [0.2, 0.25) is 30.3 Å². The summed E-state index contributed by atoms with van der Waals surface area (Å²) in [7, 11) is 0. The molecule has 0 spiro atoms. The average molecular weight is 427 g/mol. The molecular formula is C18H11BrN4O4. The van der Waals surface area contributed by atoms with Crippen LogP contribution in [-0.4, -0.2) is 27.1 Å². The van der Waals surface area contributed by atoms with Crippen molar-refractivity contribution < 1.29 is 18.4 Å². The SMILES string of the molecule is Brc1cccc(-c2nnc(Cc3nc(-c4ccc5c(c4)OCO5)no3)o2)c1. The molecular weight excluding hydrogens is 416 g/mol. The maximum Gasteiger partial charge on any atom is 0.247 e. The van der Waals surface area contributed by atoms with E-state index in [1.165, 1.54) is 0 Å². The third-order valence-electron chi connectivity index (χ3n) is 3.94. The minimum Gasteiger partial charge on any atom is -0.454 e. The number of fused-ring (bicyclic) bond motifs is 1. The highest BCUT2D eigenvalue weighted by atomic mass is 79.9. The number of hydrogen-bond donors (Lipinski definition) is 0. The minimum atomic E-state index is 0.216. The first-order chi connectivity index (χ1) is 13.2. The van der Waals surface area contributed by atoms with Gasteiger partial charge in [0, 0.05) is 15.6 Å². The van der Waals surface area contributed by atoms with Gasteiger partial charge >= 0.3 is 0 Å². The summed E-state index contributed by atoms with van der Waals surface area (Å²) in [5.74, 6) is 3.03. The molecule has 1 aliphatic heterocycles. The number of ether oxygens (including phenoxy) is 2. The predicted octanol–water partition coefficient (Wildman–Crippen LogP) is 3.87. The molecule has 8 nitrogen and oxygen atoms in total. The van der Waals surface area contributed by atoms with E-state index < -0.39 is 0 Å². The number of hydrogen-bond acceptors (Lipinski definition) is 8. The van der Waals surface area contributed by atoms with Crippen LogP contribution in [0, 0.1) is 0 Å². The molecule has 0 atom stereocenters. The molecule has 0 aliphatic carbocycles. The quantitative estimate of drug-likeness (QED) is 0.485. The lowest BCUT2D eigenvalue weighted by atomic mass is 10.2. The van der Waals surface area contributed by atoms with Gasteiger partial charge in [0.25, 0.3) is 0 Å². The molecule has 2 aromatic carbocycles. The van der Waals surface area contributed by atoms with Crippen LogP contribution in [0.25, 0.3) is 22.8 Å². The Morgan fingerprint density at radius 3 is 2.78 bits per heavy atom. The second-order valence-corrected chi connectivity index (χ2v) is 6.68. The predicted molar refractivity (Wildman–Crippen MR) is 96.1 cm³/mol. The van der Waals surface area contributed by atoms with Gasteiger partial charge in [-0.3, -0.25) is 0 Å². The van der Waals surface area contributed by atoms with E-state index in [0.29, 0.717) is 35.0 Å². The Morgan fingerprint density at radius 2 is 1.85 bits per heavy atom. The molecule has 27 heavy (non-hydrogen) atoms. The van der Waals surface area contributed by atoms with Crippen molar-refractivity contribution >= 4 is 15.9 Å². The van der Waals surface area contributed by atoms with Gasteiger partial charge in [-0.05, 0) is 36.4 Å². The Kier molecular flexibility index (Phi) is 3.86. The zero-order valence-electron chi connectivity index (χ0n) is 13.8. The Bertz CT molecular complexity index is 1120. The average Bonchev–Trinajstić information content (AvgIpc) is 3.42. The molecule has 5 rings (SSSR count). The van der Waals surface area contributed by atoms with Crippen LogP contribution in [-0.2, 0) is 6.42 Å². The Hall–Kier alpha value is -3.20. The van der Waals surface area contributed by atoms with Gasteiger partial charge < -0.3 is 18.4 Å². The first-order valence-electron chi connectivity index (χ1n) is 8.05. The molecule has 4 aromatic rings. The molecule has 2 aromatic heterocycles. The van der Waals surface area contributed by atoms with Crippen LogP contribution in [0.2, 0.25) is 0 Å². The van der Waals surface area contributed by atoms with Crippen LogP contribution < -0.4 is 9.47 Å². The summed E-state index contributed by atoms with van der Waals surface area (Å²) in [6, 6.07) is 13.1. The monoisotopic (exact) mass is 426 g/mol. The Morgan fingerprint density at radius 1 is 0.926 bits per heavy atom. The minimum absolute atomic E-state index is 0.216. The molecule has 1 aliphatic rings. The van der Waals surface area contributed by atoms with Gasteiger partial charge in [-0.1, -0.05) is 27.2 Å². The van der Waals surface area contributed by atoms with E-state index in [4.69, 9.17) is 18.4 Å². The molecule has 134 valence electrons. The molecule has 0 fully saturated rings. The van der Waals surface area contributed by atoms with Crippen molar-refractivity contribution in [3.05, 3.63) is 58.7 Å². The van der Waals surface area contributed by atoms with E-state index in [2.05, 4.69) is 36.3 Å². The molecule has 0 amide bonds. The number of rotatable bonds is 4. The normalized spacial score (nSPS) is 12.5. The van der Waals surface area contributed by atoms with E-state index in [1.807, 2.05) is 42.5 Å². The maximum atomic E-state index is 5.70. The standard InChI is InChI=1S/C18H11BrN4O4/c19-12-3-1-2-11(6-12)18-22-21-16(26-18)8-15-20-17(23-27-15)10-4-5-13-14(7-10)25-9-24-13/h1-7H,8-9H2. The third-order valence-corrected chi connectivity index (χ3v) is 4.43. The van der Waals surface area contributed by atoms with Gasteiger partial charge in [-0.2, -0.15) is 4.98 Å². The smallest absolute Gasteiger partial charge is 0.247 e. The fourth-order valence-corrected chi connectivity index (χ4v) is 3.07. The highest BCUT2D eigenvalue weighted by Crippen LogP contribution is 2.35. The lowest BCUT2D eigenvalue weighted by molar-refractivity contribution is 0.174. The van der Waals surface area contributed by atoms with Gasteiger partial charge in [-0.15, -0.1) is 10.2 Å². The molecule has 3 heterocycles. The summed E-state index contributed by atoms with van der Waals surface area (Å²) >= 11 is 3.42. The molecule has 0 unspecified atom stereocenters. The van der Waals surface area contributed by atoms with E-state index in [1.54, 1.807) is 0 Å². The number of nitrogens with zero attached hydrogens (tertiary/aromatic N) is 4. The Labute approximate surface area is 161 Å². The lowest BCUT2D eigenvalue weighted by Crippen LogP contribution is -1.92. The number of halogens is 1. The summed E-state index contributed by atoms with van der Waals surface area (Å²) in [6.07, 6.45) is 0.249. The van der Waals surface area contributed by atoms with E-state index >= 15 is 0 Å². The van der Waals surface area contributed by atoms with E-state index in [9.17, 15) is 0 Å². The van der Waals surface area contributed by atoms with Crippen LogP contribution in [0.15, 0.2) is 55.9 Å². The fourth-order valence-electron chi connectivity index (χ4n) is 2.67. The fraction of sp³-hybridized carbons (Fsp3) is 0.111. The van der Waals surface area contributed by atoms with Gasteiger partial charge in [-0.25, -0.2) is 0 Å². The summed E-state index contributed by atoms with van der Waals surface area (Å²) in [5, 5.41) is 12.1. The van der Waals surface area contributed by atoms with E-state index in [0.717, 1.165) is 15.6 Å². The van der Waals surface area contributed by atoms with Gasteiger partial charge in [0.05, 0.1) is 0 Å². The zero-order chi connectivity index (χ0) is 18.2. The van der Waals surface area contributed by atoms with Crippen LogP contribution in [0.3, 0.4) is 0 Å². The molecule has 0 saturated heterocycles. The van der Waals surface area contributed by atoms with Crippen molar-refractivity contribution in [2.45, 2.75) is 6.42 Å². The van der Waals surface area contributed by atoms with E-state index in [-0.39, 0.29) is 13.2 Å². The summed E-state index contributed by atoms with van der Waals surface area (Å²) in [6.45, 7) is 0.216. The highest BCUT2D eigenvalue weighted by Gasteiger charge is 2.18. The number of benzene rings is 2. The van der Waals surface area contributed by atoms with Crippen molar-refractivity contribution in [2.24, 2.45) is 0 Å². The van der Waals surface area contributed by atoms with Crippen molar-refractivity contribution in [3.63, 3.8) is 0 Å². The summed E-state index contributed by atoms with van der Waals surface area (Å²) < 4.78 is 22.6. The van der Waals surface area contributed by atoms with Crippen molar-refractivity contribution in [1.29, 1.82) is 0 Å². The molecule has 0 radical (unpaired) electrons. The molecule has 9 heteroatoms. The van der Waals surface area contributed by atoms with Crippen molar-refractivity contribution in [3.8, 4) is 34.3 Å². The van der Waals surface area contributed by atoms with Crippen LogP contribution >= 0.6 is 15.9 Å². The second-order valence-electron chi connectivity index (χ2n) is 5.77. The van der Waals surface area contributed by atoms with Crippen molar-refractivity contribution in [2.75, 3.05) is 6.79 Å². The molecule has 0 N–H and O–H groups in total. The Balaban J connectivity index is 1.35. The summed E-state index contributed by atoms with van der Waals surface area (Å²) in [4.78, 5) is 4.39. The van der Waals surface area contributed by atoms with Gasteiger partial charge in [0.1, 0.15) is 6.42 Å². The molecule has 0 saturated carbocycles. The highest BCUT2D eigenvalue weighted by molar-refractivity contribution is 9.10. The maximum absolute atomic E-state index is 5.70. The molecule has 0 bridgehead atoms. The zero-order valence-corrected chi connectivity index (χ0v) is 15.3. The lowest BCUT2D eigenvalue weighted by Gasteiger charge is -1.97. The summed E-state index contributed by atoms with van der Waals surface area (Å²) in [5.41, 5.74) is 1.60. The van der Waals surface area contributed by atoms with Crippen LogP contribution in [0.5, 0.6) is 11.5 Å². The topological polar surface area (TPSA) is 96.3 Å². The van der Waals surface area contributed by atoms with Crippen molar-refractivity contribution in [1.82, 2.24) is 20.3 Å². The first-order valence-corrected chi connectivity index (χ1v) is 8.85. The third kappa shape index (κ3) is 3.17. The largest absolute Gasteiger partial charge is 0.454 e.